The molecule has 0 spiro atoms. The highest BCUT2D eigenvalue weighted by Gasteiger charge is 2.62. The second kappa shape index (κ2) is 6.36. The molecule has 0 aliphatic heterocycles. The van der Waals surface area contributed by atoms with Gasteiger partial charge in [-0.05, 0) is 24.6 Å². The number of hydrogen-bond donors (Lipinski definition) is 2. The molecule has 5 nitrogen and oxygen atoms in total. The van der Waals surface area contributed by atoms with E-state index in [0.717, 1.165) is 11.3 Å². The maximum absolute atomic E-state index is 12.6. The average Bonchev–Trinajstić information content (AvgIpc) is 2.47. The van der Waals surface area contributed by atoms with Gasteiger partial charge in [0.2, 0.25) is 5.91 Å². The van der Waals surface area contributed by atoms with E-state index in [-0.39, 0.29) is 12.0 Å². The molecule has 2 rings (SSSR count). The monoisotopic (exact) mass is 306 g/mol. The molecule has 1 amide bonds. The highest BCUT2D eigenvalue weighted by molar-refractivity contribution is 5.99. The standard InChI is InChI=1S/C17H26N2O3/c1-5-22-14-10-17(18,16(14,2)3)15(20)19-13-8-6-7-12(9-13)11-21-4/h6-9,14H,5,10-11,18H2,1-4H3,(H,19,20). The van der Waals surface area contributed by atoms with Gasteiger partial charge in [-0.2, -0.15) is 0 Å². The Morgan fingerprint density at radius 2 is 2.18 bits per heavy atom. The summed E-state index contributed by atoms with van der Waals surface area (Å²) in [5.41, 5.74) is 6.81. The van der Waals surface area contributed by atoms with Gasteiger partial charge in [-0.15, -0.1) is 0 Å². The summed E-state index contributed by atoms with van der Waals surface area (Å²) in [6.45, 7) is 7.06. The van der Waals surface area contributed by atoms with Gasteiger partial charge in [0.05, 0.1) is 12.7 Å². The number of rotatable bonds is 6. The molecule has 1 aliphatic carbocycles. The molecule has 1 aromatic rings. The van der Waals surface area contributed by atoms with Gasteiger partial charge >= 0.3 is 0 Å². The molecular weight excluding hydrogens is 280 g/mol. The maximum atomic E-state index is 12.6. The van der Waals surface area contributed by atoms with Crippen molar-refractivity contribution < 1.29 is 14.3 Å². The first-order valence-corrected chi connectivity index (χ1v) is 7.65. The fourth-order valence-corrected chi connectivity index (χ4v) is 2.97. The zero-order valence-electron chi connectivity index (χ0n) is 13.8. The molecular formula is C17H26N2O3. The number of ether oxygens (including phenoxy) is 2. The van der Waals surface area contributed by atoms with Crippen molar-refractivity contribution in [3.05, 3.63) is 29.8 Å². The van der Waals surface area contributed by atoms with Gasteiger partial charge in [-0.3, -0.25) is 4.79 Å². The maximum Gasteiger partial charge on any atom is 0.245 e. The minimum absolute atomic E-state index is 0.0214. The smallest absolute Gasteiger partial charge is 0.245 e. The summed E-state index contributed by atoms with van der Waals surface area (Å²) in [4.78, 5) is 12.6. The highest BCUT2D eigenvalue weighted by Crippen LogP contribution is 2.50. The number of nitrogens with two attached hydrogens (primary N) is 1. The van der Waals surface area contributed by atoms with Crippen molar-refractivity contribution in [3.63, 3.8) is 0 Å². The predicted octanol–water partition coefficient (Wildman–Crippen LogP) is 2.30. The SMILES string of the molecule is CCOC1CC(N)(C(=O)Nc2cccc(COC)c2)C1(C)C. The Bertz CT molecular complexity index is 544. The largest absolute Gasteiger partial charge is 0.380 e. The van der Waals surface area contributed by atoms with E-state index in [1.807, 2.05) is 45.0 Å². The van der Waals surface area contributed by atoms with E-state index >= 15 is 0 Å². The number of hydrogen-bond acceptors (Lipinski definition) is 4. The van der Waals surface area contributed by atoms with Crippen molar-refractivity contribution in [1.82, 2.24) is 0 Å². The van der Waals surface area contributed by atoms with E-state index in [4.69, 9.17) is 15.2 Å². The van der Waals surface area contributed by atoms with Crippen LogP contribution >= 0.6 is 0 Å². The molecule has 2 unspecified atom stereocenters. The van der Waals surface area contributed by atoms with Crippen molar-refractivity contribution in [2.45, 2.75) is 45.4 Å². The van der Waals surface area contributed by atoms with E-state index in [0.29, 0.717) is 19.6 Å². The molecule has 1 aromatic carbocycles. The van der Waals surface area contributed by atoms with E-state index in [2.05, 4.69) is 5.32 Å². The Morgan fingerprint density at radius 1 is 1.45 bits per heavy atom. The average molecular weight is 306 g/mol. The fraction of sp³-hybridized carbons (Fsp3) is 0.588. The molecule has 0 heterocycles. The van der Waals surface area contributed by atoms with Gasteiger partial charge in [-0.1, -0.05) is 26.0 Å². The summed E-state index contributed by atoms with van der Waals surface area (Å²) in [6.07, 6.45) is 0.560. The zero-order valence-corrected chi connectivity index (χ0v) is 13.8. The van der Waals surface area contributed by atoms with Gasteiger partial charge in [0.25, 0.3) is 0 Å². The second-order valence-electron chi connectivity index (χ2n) is 6.43. The van der Waals surface area contributed by atoms with Crippen LogP contribution in [0.1, 0.15) is 32.8 Å². The van der Waals surface area contributed by atoms with E-state index in [1.165, 1.54) is 0 Å². The molecule has 0 bridgehead atoms. The number of anilines is 1. The Kier molecular flexibility index (Phi) is 4.90. The van der Waals surface area contributed by atoms with Crippen LogP contribution in [0.25, 0.3) is 0 Å². The number of amides is 1. The highest BCUT2D eigenvalue weighted by atomic mass is 16.5. The van der Waals surface area contributed by atoms with Crippen molar-refractivity contribution in [1.29, 1.82) is 0 Å². The third-order valence-corrected chi connectivity index (χ3v) is 4.73. The first-order valence-electron chi connectivity index (χ1n) is 7.65. The van der Waals surface area contributed by atoms with Crippen molar-refractivity contribution >= 4 is 11.6 Å². The normalized spacial score (nSPS) is 26.3. The lowest BCUT2D eigenvalue weighted by molar-refractivity contribution is -0.166. The Morgan fingerprint density at radius 3 is 2.77 bits per heavy atom. The first-order chi connectivity index (χ1) is 10.3. The Balaban J connectivity index is 2.08. The lowest BCUT2D eigenvalue weighted by Crippen LogP contribution is -2.74. The van der Waals surface area contributed by atoms with Crippen LogP contribution in [0.15, 0.2) is 24.3 Å². The van der Waals surface area contributed by atoms with E-state index in [9.17, 15) is 4.79 Å². The topological polar surface area (TPSA) is 73.6 Å². The van der Waals surface area contributed by atoms with Crippen LogP contribution in [0.2, 0.25) is 0 Å². The molecule has 5 heteroatoms. The molecule has 0 aromatic heterocycles. The third kappa shape index (κ3) is 2.89. The van der Waals surface area contributed by atoms with Crippen molar-refractivity contribution in [2.24, 2.45) is 11.1 Å². The van der Waals surface area contributed by atoms with Crippen LogP contribution in [0.4, 0.5) is 5.69 Å². The third-order valence-electron chi connectivity index (χ3n) is 4.73. The van der Waals surface area contributed by atoms with E-state index < -0.39 is 11.0 Å². The molecule has 22 heavy (non-hydrogen) atoms. The summed E-state index contributed by atoms with van der Waals surface area (Å²) in [5.74, 6) is -0.164. The molecule has 1 fully saturated rings. The van der Waals surface area contributed by atoms with E-state index in [1.54, 1.807) is 7.11 Å². The lowest BCUT2D eigenvalue weighted by atomic mass is 9.54. The molecule has 0 radical (unpaired) electrons. The Hall–Kier alpha value is -1.43. The summed E-state index contributed by atoms with van der Waals surface area (Å²) in [7, 11) is 1.64. The molecule has 1 aliphatic rings. The van der Waals surface area contributed by atoms with Crippen molar-refractivity contribution in [3.8, 4) is 0 Å². The first kappa shape index (κ1) is 16.9. The quantitative estimate of drug-likeness (QED) is 0.846. The number of benzene rings is 1. The van der Waals surface area contributed by atoms with Crippen LogP contribution in [-0.2, 0) is 20.9 Å². The second-order valence-corrected chi connectivity index (χ2v) is 6.43. The van der Waals surface area contributed by atoms with Crippen LogP contribution in [0.5, 0.6) is 0 Å². The van der Waals surface area contributed by atoms with Crippen LogP contribution in [-0.4, -0.2) is 31.3 Å². The zero-order chi connectivity index (χ0) is 16.4. The van der Waals surface area contributed by atoms with Gasteiger partial charge in [0, 0.05) is 31.2 Å². The van der Waals surface area contributed by atoms with Gasteiger partial charge in [-0.25, -0.2) is 0 Å². The van der Waals surface area contributed by atoms with Crippen LogP contribution < -0.4 is 11.1 Å². The summed E-state index contributed by atoms with van der Waals surface area (Å²) in [6, 6.07) is 7.60. The minimum atomic E-state index is -0.913. The summed E-state index contributed by atoms with van der Waals surface area (Å²) < 4.78 is 10.8. The number of nitrogens with one attached hydrogen (secondary N) is 1. The van der Waals surface area contributed by atoms with Crippen LogP contribution in [0.3, 0.4) is 0 Å². The number of carbonyl (C=O) groups is 1. The lowest BCUT2D eigenvalue weighted by Gasteiger charge is -2.57. The molecule has 2 atom stereocenters. The molecule has 0 saturated heterocycles. The van der Waals surface area contributed by atoms with Crippen LogP contribution in [0, 0.1) is 5.41 Å². The summed E-state index contributed by atoms with van der Waals surface area (Å²) >= 11 is 0. The van der Waals surface area contributed by atoms with Gasteiger partial charge in [0.15, 0.2) is 0 Å². The molecule has 122 valence electrons. The fourth-order valence-electron chi connectivity index (χ4n) is 2.97. The molecule has 3 N–H and O–H groups in total. The summed E-state index contributed by atoms with van der Waals surface area (Å²) in [5, 5.41) is 2.93. The number of carbonyl (C=O) groups excluding carboxylic acids is 1. The van der Waals surface area contributed by atoms with Gasteiger partial charge in [0.1, 0.15) is 5.54 Å². The van der Waals surface area contributed by atoms with Crippen molar-refractivity contribution in [2.75, 3.05) is 19.0 Å². The number of methoxy groups -OCH3 is 1. The minimum Gasteiger partial charge on any atom is -0.380 e. The predicted molar refractivity (Wildman–Crippen MR) is 86.5 cm³/mol. The van der Waals surface area contributed by atoms with Gasteiger partial charge < -0.3 is 20.5 Å². The molecule has 1 saturated carbocycles. The Labute approximate surface area is 132 Å².